The molecule has 0 aliphatic rings. The molecule has 0 heterocycles. The van der Waals surface area contributed by atoms with Crippen LogP contribution in [0.15, 0.2) is 0 Å². The van der Waals surface area contributed by atoms with E-state index in [1.54, 1.807) is 0 Å². The van der Waals surface area contributed by atoms with E-state index in [0.717, 1.165) is 0 Å². The van der Waals surface area contributed by atoms with E-state index >= 15 is 0 Å². The van der Waals surface area contributed by atoms with E-state index < -0.39 is 18.8 Å². The van der Waals surface area contributed by atoms with Crippen molar-refractivity contribution in [3.8, 4) is 0 Å². The maximum Gasteiger partial charge on any atom is 0.105 e. The molecule has 2 atom stereocenters. The highest BCUT2D eigenvalue weighted by molar-refractivity contribution is 4.67. The molecule has 0 aromatic heterocycles. The summed E-state index contributed by atoms with van der Waals surface area (Å²) in [5.74, 6) is 0. The van der Waals surface area contributed by atoms with Crippen LogP contribution in [0, 0.1) is 0 Å². The van der Waals surface area contributed by atoms with Gasteiger partial charge in [0.15, 0.2) is 0 Å². The van der Waals surface area contributed by atoms with Crippen LogP contribution in [-0.2, 0) is 4.74 Å². The zero-order chi connectivity index (χ0) is 9.78. The van der Waals surface area contributed by atoms with Gasteiger partial charge in [-0.3, -0.25) is 0 Å². The van der Waals surface area contributed by atoms with E-state index in [2.05, 4.69) is 0 Å². The molecule has 0 rings (SSSR count). The van der Waals surface area contributed by atoms with E-state index in [1.807, 2.05) is 20.8 Å². The van der Waals surface area contributed by atoms with Crippen molar-refractivity contribution >= 4 is 0 Å². The van der Waals surface area contributed by atoms with Gasteiger partial charge in [0.05, 0.1) is 18.8 Å². The van der Waals surface area contributed by atoms with Gasteiger partial charge >= 0.3 is 0 Å². The molecule has 0 spiro atoms. The molecular weight excluding hydrogens is 160 g/mol. The summed E-state index contributed by atoms with van der Waals surface area (Å²) in [6, 6.07) is 0. The third kappa shape index (κ3) is 5.49. The molecule has 12 heavy (non-hydrogen) atoms. The second-order valence-electron chi connectivity index (χ2n) is 3.74. The fourth-order valence-corrected chi connectivity index (χ4v) is 0.568. The molecule has 4 nitrogen and oxygen atoms in total. The second kappa shape index (κ2) is 4.77. The Labute approximate surface area is 72.8 Å². The van der Waals surface area contributed by atoms with Gasteiger partial charge in [-0.05, 0) is 20.8 Å². The van der Waals surface area contributed by atoms with Crippen molar-refractivity contribution in [2.75, 3.05) is 13.2 Å². The number of hydrogen-bond donors (Lipinski definition) is 3. The maximum atomic E-state index is 9.15. The molecule has 0 saturated heterocycles. The Balaban J connectivity index is 3.64. The van der Waals surface area contributed by atoms with Crippen LogP contribution in [-0.4, -0.2) is 46.3 Å². The molecule has 0 aliphatic heterocycles. The quantitative estimate of drug-likeness (QED) is 0.543. The van der Waals surface area contributed by atoms with Crippen LogP contribution in [0.1, 0.15) is 20.8 Å². The van der Waals surface area contributed by atoms with Crippen molar-refractivity contribution < 1.29 is 20.1 Å². The summed E-state index contributed by atoms with van der Waals surface area (Å²) in [6.45, 7) is 5.14. The lowest BCUT2D eigenvalue weighted by Gasteiger charge is -2.23. The van der Waals surface area contributed by atoms with Gasteiger partial charge in [-0.15, -0.1) is 0 Å². The summed E-state index contributed by atoms with van der Waals surface area (Å²) in [4.78, 5) is 0. The average Bonchev–Trinajstić information content (AvgIpc) is 1.97. The minimum atomic E-state index is -1.12. The molecule has 0 aromatic carbocycles. The largest absolute Gasteiger partial charge is 0.394 e. The Morgan fingerprint density at radius 3 is 2.00 bits per heavy atom. The number of rotatable bonds is 4. The minimum absolute atomic E-state index is 0.0330. The standard InChI is InChI=1S/C8H18O4/c1-8(2,3)12-5-7(11)6(10)4-9/h6-7,9-11H,4-5H2,1-3H3/t6-,7-/m1/s1. The third-order valence-corrected chi connectivity index (χ3v) is 1.32. The number of aliphatic hydroxyl groups is 3. The van der Waals surface area contributed by atoms with Crippen LogP contribution in [0.2, 0.25) is 0 Å². The lowest BCUT2D eigenvalue weighted by Crippen LogP contribution is -2.36. The lowest BCUT2D eigenvalue weighted by molar-refractivity contribution is -0.0945. The van der Waals surface area contributed by atoms with E-state index in [1.165, 1.54) is 0 Å². The first-order chi connectivity index (χ1) is 5.37. The number of hydrogen-bond acceptors (Lipinski definition) is 4. The predicted molar refractivity (Wildman–Crippen MR) is 44.8 cm³/mol. The van der Waals surface area contributed by atoms with E-state index in [4.69, 9.17) is 20.1 Å². The Kier molecular flexibility index (Phi) is 4.70. The highest BCUT2D eigenvalue weighted by atomic mass is 16.5. The van der Waals surface area contributed by atoms with Crippen molar-refractivity contribution in [1.82, 2.24) is 0 Å². The SMILES string of the molecule is CC(C)(C)OC[C@@H](O)[C@H](O)CO. The van der Waals surface area contributed by atoms with Gasteiger partial charge < -0.3 is 20.1 Å². The van der Waals surface area contributed by atoms with Crippen molar-refractivity contribution in [3.63, 3.8) is 0 Å². The second-order valence-corrected chi connectivity index (χ2v) is 3.74. The monoisotopic (exact) mass is 178 g/mol. The van der Waals surface area contributed by atoms with Crippen LogP contribution < -0.4 is 0 Å². The molecule has 0 amide bonds. The molecule has 0 bridgehead atoms. The van der Waals surface area contributed by atoms with Crippen LogP contribution in [0.3, 0.4) is 0 Å². The van der Waals surface area contributed by atoms with Gasteiger partial charge in [0.2, 0.25) is 0 Å². The first-order valence-corrected chi connectivity index (χ1v) is 3.98. The molecule has 0 saturated carbocycles. The van der Waals surface area contributed by atoms with Gasteiger partial charge in [0.25, 0.3) is 0 Å². The number of ether oxygens (including phenoxy) is 1. The first kappa shape index (κ1) is 11.8. The maximum absolute atomic E-state index is 9.15. The van der Waals surface area contributed by atoms with Gasteiger partial charge in [-0.2, -0.15) is 0 Å². The summed E-state index contributed by atoms with van der Waals surface area (Å²) in [5, 5.41) is 26.6. The summed E-state index contributed by atoms with van der Waals surface area (Å²) < 4.78 is 5.19. The summed E-state index contributed by atoms with van der Waals surface area (Å²) in [6.07, 6.45) is -2.14. The lowest BCUT2D eigenvalue weighted by atomic mass is 10.2. The van der Waals surface area contributed by atoms with Crippen molar-refractivity contribution in [2.24, 2.45) is 0 Å². The van der Waals surface area contributed by atoms with E-state index in [-0.39, 0.29) is 12.2 Å². The first-order valence-electron chi connectivity index (χ1n) is 3.98. The van der Waals surface area contributed by atoms with E-state index in [9.17, 15) is 0 Å². The zero-order valence-corrected chi connectivity index (χ0v) is 7.82. The molecule has 0 aliphatic carbocycles. The normalized spacial score (nSPS) is 17.5. The molecule has 0 radical (unpaired) electrons. The topological polar surface area (TPSA) is 69.9 Å². The van der Waals surface area contributed by atoms with Gasteiger partial charge in [-0.1, -0.05) is 0 Å². The van der Waals surface area contributed by atoms with Crippen LogP contribution in [0.5, 0.6) is 0 Å². The van der Waals surface area contributed by atoms with Gasteiger partial charge in [0, 0.05) is 0 Å². The summed E-state index contributed by atoms with van der Waals surface area (Å²) >= 11 is 0. The molecule has 0 unspecified atom stereocenters. The zero-order valence-electron chi connectivity index (χ0n) is 7.82. The van der Waals surface area contributed by atoms with Crippen LogP contribution >= 0.6 is 0 Å². The summed E-state index contributed by atoms with van der Waals surface area (Å²) in [7, 11) is 0. The van der Waals surface area contributed by atoms with Crippen LogP contribution in [0.25, 0.3) is 0 Å². The van der Waals surface area contributed by atoms with Crippen LogP contribution in [0.4, 0.5) is 0 Å². The molecule has 0 aromatic rings. The smallest absolute Gasteiger partial charge is 0.105 e. The Morgan fingerprint density at radius 2 is 1.67 bits per heavy atom. The molecule has 0 fully saturated rings. The van der Waals surface area contributed by atoms with E-state index in [0.29, 0.717) is 0 Å². The third-order valence-electron chi connectivity index (χ3n) is 1.32. The Bertz CT molecular complexity index is 119. The Morgan fingerprint density at radius 1 is 1.17 bits per heavy atom. The highest BCUT2D eigenvalue weighted by Gasteiger charge is 2.18. The fourth-order valence-electron chi connectivity index (χ4n) is 0.568. The Hall–Kier alpha value is -0.160. The highest BCUT2D eigenvalue weighted by Crippen LogP contribution is 2.07. The average molecular weight is 178 g/mol. The van der Waals surface area contributed by atoms with Crippen molar-refractivity contribution in [1.29, 1.82) is 0 Å². The summed E-state index contributed by atoms with van der Waals surface area (Å²) in [5.41, 5.74) is -0.337. The van der Waals surface area contributed by atoms with Crippen molar-refractivity contribution in [2.45, 2.75) is 38.6 Å². The van der Waals surface area contributed by atoms with Gasteiger partial charge in [0.1, 0.15) is 12.2 Å². The van der Waals surface area contributed by atoms with Crippen molar-refractivity contribution in [3.05, 3.63) is 0 Å². The molecular formula is C8H18O4. The molecule has 4 heteroatoms. The molecule has 3 N–H and O–H groups in total. The van der Waals surface area contributed by atoms with Gasteiger partial charge in [-0.25, -0.2) is 0 Å². The predicted octanol–water partition coefficient (Wildman–Crippen LogP) is -0.484. The number of aliphatic hydroxyl groups excluding tert-OH is 3. The molecule has 74 valence electrons. The minimum Gasteiger partial charge on any atom is -0.394 e. The fraction of sp³-hybridized carbons (Fsp3) is 1.00.